The highest BCUT2D eigenvalue weighted by Gasteiger charge is 2.45. The van der Waals surface area contributed by atoms with Crippen molar-refractivity contribution in [2.24, 2.45) is 13.0 Å². The summed E-state index contributed by atoms with van der Waals surface area (Å²) in [5.41, 5.74) is 1.55. The molecule has 0 bridgehead atoms. The van der Waals surface area contributed by atoms with Gasteiger partial charge in [0.25, 0.3) is 5.92 Å². The van der Waals surface area contributed by atoms with E-state index in [0.29, 0.717) is 12.8 Å². The predicted octanol–water partition coefficient (Wildman–Crippen LogP) is 2.90. The minimum Gasteiger partial charge on any atom is -0.336 e. The third kappa shape index (κ3) is 3.80. The Balaban J connectivity index is 1.51. The second-order valence-electron chi connectivity index (χ2n) is 7.91. The molecular formula is C20H23F2N3O3S. The van der Waals surface area contributed by atoms with Crippen LogP contribution in [0.5, 0.6) is 0 Å². The first-order valence-electron chi connectivity index (χ1n) is 9.66. The van der Waals surface area contributed by atoms with Gasteiger partial charge in [-0.25, -0.2) is 17.2 Å². The van der Waals surface area contributed by atoms with E-state index in [9.17, 15) is 22.0 Å². The molecule has 2 atom stereocenters. The molecule has 2 aliphatic rings. The summed E-state index contributed by atoms with van der Waals surface area (Å²) in [6, 6.07) is 8.51. The van der Waals surface area contributed by atoms with Gasteiger partial charge in [0.15, 0.2) is 9.84 Å². The maximum atomic E-state index is 13.4. The minimum atomic E-state index is -3.63. The molecule has 1 aliphatic heterocycles. The number of hydrogen-bond acceptors (Lipinski definition) is 4. The number of sulfone groups is 1. The Morgan fingerprint density at radius 2 is 2.03 bits per heavy atom. The molecule has 1 saturated carbocycles. The van der Waals surface area contributed by atoms with Crippen LogP contribution in [0, 0.1) is 5.92 Å². The molecule has 1 aromatic carbocycles. The number of halogens is 2. The number of amides is 1. The number of benzene rings is 1. The number of nitrogens with zero attached hydrogens (tertiary/aromatic N) is 3. The molecule has 2 fully saturated rings. The van der Waals surface area contributed by atoms with E-state index in [2.05, 4.69) is 5.10 Å². The SMILES string of the molecule is Cn1nccc1-c1cccc(S(=O)(=O)[C@@H]2CC[C@@H](C(=O)N3CCC(F)(F)C3)C2)c1. The number of likely N-dealkylation sites (tertiary alicyclic amines) is 1. The summed E-state index contributed by atoms with van der Waals surface area (Å²) in [5, 5.41) is 3.43. The molecule has 1 saturated heterocycles. The van der Waals surface area contributed by atoms with Gasteiger partial charge in [0.05, 0.1) is 22.4 Å². The molecule has 2 heterocycles. The van der Waals surface area contributed by atoms with Gasteiger partial charge in [-0.3, -0.25) is 9.48 Å². The van der Waals surface area contributed by atoms with Crippen molar-refractivity contribution in [3.8, 4) is 11.3 Å². The highest BCUT2D eigenvalue weighted by atomic mass is 32.2. The number of carbonyl (C=O) groups excluding carboxylic acids is 1. The van der Waals surface area contributed by atoms with Crippen LogP contribution in [-0.4, -0.2) is 53.3 Å². The van der Waals surface area contributed by atoms with Crippen LogP contribution < -0.4 is 0 Å². The van der Waals surface area contributed by atoms with E-state index < -0.39 is 33.5 Å². The van der Waals surface area contributed by atoms with Crippen LogP contribution in [0.4, 0.5) is 8.78 Å². The molecule has 9 heteroatoms. The summed E-state index contributed by atoms with van der Waals surface area (Å²) in [5.74, 6) is -3.70. The number of aromatic nitrogens is 2. The number of hydrogen-bond donors (Lipinski definition) is 0. The Hall–Kier alpha value is -2.29. The Morgan fingerprint density at radius 3 is 2.69 bits per heavy atom. The van der Waals surface area contributed by atoms with E-state index in [4.69, 9.17) is 0 Å². The maximum absolute atomic E-state index is 13.4. The van der Waals surface area contributed by atoms with Crippen molar-refractivity contribution in [3.63, 3.8) is 0 Å². The third-order valence-corrected chi connectivity index (χ3v) is 8.15. The summed E-state index contributed by atoms with van der Waals surface area (Å²) >= 11 is 0. The zero-order valence-corrected chi connectivity index (χ0v) is 16.9. The number of alkyl halides is 2. The van der Waals surface area contributed by atoms with Gasteiger partial charge >= 0.3 is 0 Å². The molecule has 2 aromatic rings. The van der Waals surface area contributed by atoms with Crippen LogP contribution in [0.3, 0.4) is 0 Å². The van der Waals surface area contributed by atoms with Gasteiger partial charge in [-0.1, -0.05) is 12.1 Å². The van der Waals surface area contributed by atoms with Crippen molar-refractivity contribution in [3.05, 3.63) is 36.5 Å². The zero-order chi connectivity index (χ0) is 20.8. The smallest absolute Gasteiger partial charge is 0.267 e. The van der Waals surface area contributed by atoms with Crippen molar-refractivity contribution in [2.45, 2.75) is 41.8 Å². The molecule has 0 N–H and O–H groups in total. The lowest BCUT2D eigenvalue weighted by molar-refractivity contribution is -0.135. The van der Waals surface area contributed by atoms with E-state index in [-0.39, 0.29) is 30.2 Å². The highest BCUT2D eigenvalue weighted by molar-refractivity contribution is 7.92. The van der Waals surface area contributed by atoms with Gasteiger partial charge in [-0.05, 0) is 37.5 Å². The van der Waals surface area contributed by atoms with E-state index >= 15 is 0 Å². The molecule has 0 spiro atoms. The normalized spacial score (nSPS) is 24.2. The fourth-order valence-corrected chi connectivity index (χ4v) is 6.19. The fourth-order valence-electron chi connectivity index (χ4n) is 4.31. The van der Waals surface area contributed by atoms with Crippen molar-refractivity contribution in [2.75, 3.05) is 13.1 Å². The van der Waals surface area contributed by atoms with Crippen molar-refractivity contribution in [1.82, 2.24) is 14.7 Å². The third-order valence-electron chi connectivity index (χ3n) is 5.93. The molecule has 1 aromatic heterocycles. The minimum absolute atomic E-state index is 0.0342. The molecular weight excluding hydrogens is 400 g/mol. The summed E-state index contributed by atoms with van der Waals surface area (Å²) in [4.78, 5) is 14.0. The Kier molecular flexibility index (Phi) is 4.96. The molecule has 6 nitrogen and oxygen atoms in total. The second-order valence-corrected chi connectivity index (χ2v) is 10.1. The summed E-state index contributed by atoms with van der Waals surface area (Å²) in [6.07, 6.45) is 2.27. The van der Waals surface area contributed by atoms with Crippen LogP contribution in [0.25, 0.3) is 11.3 Å². The van der Waals surface area contributed by atoms with Gasteiger partial charge in [0.2, 0.25) is 5.91 Å². The lowest BCUT2D eigenvalue weighted by Gasteiger charge is -2.20. The first kappa shape index (κ1) is 20.0. The number of carbonyl (C=O) groups is 1. The molecule has 0 unspecified atom stereocenters. The lowest BCUT2D eigenvalue weighted by Crippen LogP contribution is -2.35. The number of rotatable bonds is 4. The first-order chi connectivity index (χ1) is 13.7. The monoisotopic (exact) mass is 423 g/mol. The quantitative estimate of drug-likeness (QED) is 0.758. The van der Waals surface area contributed by atoms with Gasteiger partial charge in [-0.15, -0.1) is 0 Å². The maximum Gasteiger partial charge on any atom is 0.267 e. The van der Waals surface area contributed by atoms with Gasteiger partial charge < -0.3 is 4.90 Å². The van der Waals surface area contributed by atoms with Gasteiger partial charge in [0, 0.05) is 37.7 Å². The van der Waals surface area contributed by atoms with Gasteiger partial charge in [0.1, 0.15) is 0 Å². The summed E-state index contributed by atoms with van der Waals surface area (Å²) in [7, 11) is -1.84. The van der Waals surface area contributed by atoms with Crippen molar-refractivity contribution < 1.29 is 22.0 Å². The standard InChI is InChI=1S/C20H23F2N3O3S/c1-24-18(7-9-23-24)14-3-2-4-16(11-14)29(27,28)17-6-5-15(12-17)19(26)25-10-8-20(21,22)13-25/h2-4,7,9,11,15,17H,5-6,8,10,12-13H2,1H3/t15-,17-/m1/s1. The highest BCUT2D eigenvalue weighted by Crippen LogP contribution is 2.37. The van der Waals surface area contributed by atoms with E-state index in [1.54, 1.807) is 36.1 Å². The molecule has 29 heavy (non-hydrogen) atoms. The number of aryl methyl sites for hydroxylation is 1. The Morgan fingerprint density at radius 1 is 1.24 bits per heavy atom. The second kappa shape index (κ2) is 7.19. The largest absolute Gasteiger partial charge is 0.336 e. The summed E-state index contributed by atoms with van der Waals surface area (Å²) < 4.78 is 54.8. The van der Waals surface area contributed by atoms with Crippen LogP contribution in [-0.2, 0) is 21.7 Å². The molecule has 0 radical (unpaired) electrons. The summed E-state index contributed by atoms with van der Waals surface area (Å²) in [6.45, 7) is -0.529. The van der Waals surface area contributed by atoms with E-state index in [1.807, 2.05) is 12.1 Å². The molecule has 156 valence electrons. The predicted molar refractivity (Wildman–Crippen MR) is 103 cm³/mol. The van der Waals surface area contributed by atoms with Crippen LogP contribution in [0.2, 0.25) is 0 Å². The average Bonchev–Trinajstić information content (AvgIpc) is 3.41. The molecule has 1 aliphatic carbocycles. The van der Waals surface area contributed by atoms with Crippen molar-refractivity contribution >= 4 is 15.7 Å². The van der Waals surface area contributed by atoms with Gasteiger partial charge in [-0.2, -0.15) is 5.10 Å². The first-order valence-corrected chi connectivity index (χ1v) is 11.2. The Bertz CT molecular complexity index is 1040. The van der Waals surface area contributed by atoms with Crippen LogP contribution >= 0.6 is 0 Å². The van der Waals surface area contributed by atoms with Crippen LogP contribution in [0.15, 0.2) is 41.4 Å². The average molecular weight is 423 g/mol. The van der Waals surface area contributed by atoms with Crippen LogP contribution in [0.1, 0.15) is 25.7 Å². The van der Waals surface area contributed by atoms with E-state index in [1.165, 1.54) is 4.90 Å². The molecule has 1 amide bonds. The topological polar surface area (TPSA) is 72.3 Å². The van der Waals surface area contributed by atoms with Crippen molar-refractivity contribution in [1.29, 1.82) is 0 Å². The lowest BCUT2D eigenvalue weighted by atomic mass is 10.1. The Labute approximate surface area is 168 Å². The zero-order valence-electron chi connectivity index (χ0n) is 16.1. The van der Waals surface area contributed by atoms with E-state index in [0.717, 1.165) is 11.3 Å². The fraction of sp³-hybridized carbons (Fsp3) is 0.500. The molecule has 4 rings (SSSR count).